The number of para-hydroxylation sites is 2. The van der Waals surface area contributed by atoms with Gasteiger partial charge in [0.15, 0.2) is 6.61 Å². The molecule has 23 heavy (non-hydrogen) atoms. The van der Waals surface area contributed by atoms with Gasteiger partial charge in [-0.15, -0.1) is 0 Å². The highest BCUT2D eigenvalue weighted by Gasteiger charge is 2.07. The number of rotatable bonds is 5. The van der Waals surface area contributed by atoms with Gasteiger partial charge >= 0.3 is 0 Å². The number of carbonyl (C=O) groups is 1. The van der Waals surface area contributed by atoms with Gasteiger partial charge in [-0.25, -0.2) is 4.98 Å². The largest absolute Gasteiger partial charge is 0.484 e. The highest BCUT2D eigenvalue weighted by Crippen LogP contribution is 2.18. The zero-order valence-corrected chi connectivity index (χ0v) is 13.2. The maximum atomic E-state index is 11.9. The molecule has 0 bridgehead atoms. The van der Waals surface area contributed by atoms with Gasteiger partial charge in [0, 0.05) is 0 Å². The number of fused-ring (bicyclic) bond motifs is 1. The lowest BCUT2D eigenvalue weighted by Gasteiger charge is -2.09. The summed E-state index contributed by atoms with van der Waals surface area (Å²) >= 11 is 0. The Morgan fingerprint density at radius 2 is 2.04 bits per heavy atom. The number of aromatic amines is 1. The molecule has 2 N–H and O–H groups in total. The van der Waals surface area contributed by atoms with Crippen molar-refractivity contribution in [2.24, 2.45) is 0 Å². The molecule has 1 amide bonds. The van der Waals surface area contributed by atoms with Crippen LogP contribution >= 0.6 is 0 Å². The van der Waals surface area contributed by atoms with Gasteiger partial charge < -0.3 is 15.0 Å². The van der Waals surface area contributed by atoms with E-state index in [0.717, 1.165) is 28.2 Å². The highest BCUT2D eigenvalue weighted by molar-refractivity contribution is 5.78. The zero-order chi connectivity index (χ0) is 16.2. The molecule has 3 aromatic rings. The number of benzene rings is 2. The van der Waals surface area contributed by atoms with Gasteiger partial charge in [-0.2, -0.15) is 0 Å². The summed E-state index contributed by atoms with van der Waals surface area (Å²) < 4.78 is 5.56. The van der Waals surface area contributed by atoms with Gasteiger partial charge in [-0.1, -0.05) is 29.8 Å². The van der Waals surface area contributed by atoms with Crippen LogP contribution in [-0.4, -0.2) is 22.5 Å². The number of nitrogens with one attached hydrogen (secondary N) is 2. The number of hydrogen-bond donors (Lipinski definition) is 2. The lowest BCUT2D eigenvalue weighted by atomic mass is 10.1. The summed E-state index contributed by atoms with van der Waals surface area (Å²) in [7, 11) is 0. The minimum absolute atomic E-state index is 0.00979. The number of ether oxygens (including phenoxy) is 1. The highest BCUT2D eigenvalue weighted by atomic mass is 16.5. The Morgan fingerprint density at radius 1 is 1.22 bits per heavy atom. The third kappa shape index (κ3) is 3.69. The van der Waals surface area contributed by atoms with Gasteiger partial charge in [0.2, 0.25) is 0 Å². The molecule has 0 fully saturated rings. The molecule has 5 nitrogen and oxygen atoms in total. The molecule has 0 spiro atoms. The van der Waals surface area contributed by atoms with Gasteiger partial charge in [-0.05, 0) is 37.6 Å². The van der Waals surface area contributed by atoms with E-state index in [4.69, 9.17) is 4.74 Å². The first-order valence-corrected chi connectivity index (χ1v) is 7.52. The van der Waals surface area contributed by atoms with Crippen molar-refractivity contribution < 1.29 is 9.53 Å². The molecule has 1 heterocycles. The molecular weight excluding hydrogens is 290 g/mol. The fraction of sp³-hybridized carbons (Fsp3) is 0.222. The van der Waals surface area contributed by atoms with Crippen molar-refractivity contribution in [3.05, 3.63) is 59.4 Å². The number of carbonyl (C=O) groups excluding carboxylic acids is 1. The van der Waals surface area contributed by atoms with E-state index in [1.165, 1.54) is 5.56 Å². The van der Waals surface area contributed by atoms with Gasteiger partial charge in [0.25, 0.3) is 5.91 Å². The number of H-pyrrole nitrogens is 1. The molecule has 0 unspecified atom stereocenters. The van der Waals surface area contributed by atoms with Crippen LogP contribution in [0.1, 0.15) is 17.0 Å². The topological polar surface area (TPSA) is 67.0 Å². The van der Waals surface area contributed by atoms with Crippen molar-refractivity contribution in [3.63, 3.8) is 0 Å². The van der Waals surface area contributed by atoms with E-state index in [9.17, 15) is 4.79 Å². The Labute approximate surface area is 134 Å². The van der Waals surface area contributed by atoms with Crippen molar-refractivity contribution in [1.29, 1.82) is 0 Å². The number of hydrogen-bond acceptors (Lipinski definition) is 3. The maximum absolute atomic E-state index is 11.9. The van der Waals surface area contributed by atoms with Crippen LogP contribution in [0.4, 0.5) is 0 Å². The molecule has 0 radical (unpaired) electrons. The summed E-state index contributed by atoms with van der Waals surface area (Å²) in [5.41, 5.74) is 4.05. The van der Waals surface area contributed by atoms with Crippen molar-refractivity contribution in [2.45, 2.75) is 20.4 Å². The van der Waals surface area contributed by atoms with Gasteiger partial charge in [0.1, 0.15) is 11.6 Å². The Morgan fingerprint density at radius 3 is 2.83 bits per heavy atom. The zero-order valence-electron chi connectivity index (χ0n) is 13.2. The first-order valence-electron chi connectivity index (χ1n) is 7.52. The predicted octanol–water partition coefficient (Wildman–Crippen LogP) is 2.87. The lowest BCUT2D eigenvalue weighted by Crippen LogP contribution is -2.28. The van der Waals surface area contributed by atoms with E-state index in [0.29, 0.717) is 6.54 Å². The second-order valence-electron chi connectivity index (χ2n) is 5.54. The van der Waals surface area contributed by atoms with Crippen LogP contribution in [0.5, 0.6) is 5.75 Å². The first kappa shape index (κ1) is 15.1. The molecule has 0 saturated heterocycles. The molecule has 0 aliphatic heterocycles. The molecule has 0 aliphatic rings. The van der Waals surface area contributed by atoms with Gasteiger partial charge in [-0.3, -0.25) is 4.79 Å². The fourth-order valence-electron chi connectivity index (χ4n) is 2.43. The molecule has 0 atom stereocenters. The molecule has 0 aliphatic carbocycles. The van der Waals surface area contributed by atoms with E-state index < -0.39 is 0 Å². The molecule has 118 valence electrons. The summed E-state index contributed by atoms with van der Waals surface area (Å²) in [5.74, 6) is 1.28. The van der Waals surface area contributed by atoms with Crippen molar-refractivity contribution >= 4 is 16.9 Å². The average Bonchev–Trinajstić information content (AvgIpc) is 2.95. The number of aromatic nitrogens is 2. The minimum atomic E-state index is -0.176. The van der Waals surface area contributed by atoms with Crippen molar-refractivity contribution in [3.8, 4) is 5.75 Å². The lowest BCUT2D eigenvalue weighted by molar-refractivity contribution is -0.123. The van der Waals surface area contributed by atoms with Crippen LogP contribution < -0.4 is 10.1 Å². The molecule has 5 heteroatoms. The van der Waals surface area contributed by atoms with E-state index in [2.05, 4.69) is 15.3 Å². The van der Waals surface area contributed by atoms with Crippen molar-refractivity contribution in [2.75, 3.05) is 6.61 Å². The Balaban J connectivity index is 1.53. The summed E-state index contributed by atoms with van der Waals surface area (Å²) in [6.45, 7) is 4.33. The number of nitrogens with zero attached hydrogens (tertiary/aromatic N) is 1. The van der Waals surface area contributed by atoms with Crippen LogP contribution in [0.25, 0.3) is 11.0 Å². The smallest absolute Gasteiger partial charge is 0.258 e. The Kier molecular flexibility index (Phi) is 4.28. The molecule has 3 rings (SSSR count). The molecule has 0 saturated carbocycles. The Hall–Kier alpha value is -2.82. The molecular formula is C18H19N3O2. The monoisotopic (exact) mass is 309 g/mol. The number of imidazole rings is 1. The van der Waals surface area contributed by atoms with E-state index in [-0.39, 0.29) is 12.5 Å². The second kappa shape index (κ2) is 6.52. The molecule has 1 aromatic heterocycles. The van der Waals surface area contributed by atoms with Crippen molar-refractivity contribution in [1.82, 2.24) is 15.3 Å². The van der Waals surface area contributed by atoms with Gasteiger partial charge in [0.05, 0.1) is 17.6 Å². The summed E-state index contributed by atoms with van der Waals surface area (Å²) in [6, 6.07) is 13.6. The minimum Gasteiger partial charge on any atom is -0.484 e. The summed E-state index contributed by atoms with van der Waals surface area (Å²) in [4.78, 5) is 19.5. The predicted molar refractivity (Wildman–Crippen MR) is 89.4 cm³/mol. The van der Waals surface area contributed by atoms with Crippen LogP contribution in [0.3, 0.4) is 0 Å². The number of aryl methyl sites for hydroxylation is 2. The summed E-state index contributed by atoms with van der Waals surface area (Å²) in [5, 5.41) is 2.80. The van der Waals surface area contributed by atoms with Crippen LogP contribution in [0, 0.1) is 13.8 Å². The maximum Gasteiger partial charge on any atom is 0.258 e. The quantitative estimate of drug-likeness (QED) is 0.761. The standard InChI is InChI=1S/C18H19N3O2/c1-12-7-8-16(13(2)9-12)23-11-18(22)19-10-17-20-14-5-3-4-6-15(14)21-17/h3-9H,10-11H2,1-2H3,(H,19,22)(H,20,21). The third-order valence-electron chi connectivity index (χ3n) is 3.58. The molecule has 2 aromatic carbocycles. The van der Waals surface area contributed by atoms with Crippen LogP contribution in [-0.2, 0) is 11.3 Å². The average molecular weight is 309 g/mol. The SMILES string of the molecule is Cc1ccc(OCC(=O)NCc2nc3ccccc3[nH]2)c(C)c1. The number of amides is 1. The summed E-state index contributed by atoms with van der Waals surface area (Å²) in [6.07, 6.45) is 0. The van der Waals surface area contributed by atoms with Crippen LogP contribution in [0.15, 0.2) is 42.5 Å². The second-order valence-corrected chi connectivity index (χ2v) is 5.54. The normalized spacial score (nSPS) is 10.7. The van der Waals surface area contributed by atoms with E-state index in [1.54, 1.807) is 0 Å². The Bertz CT molecular complexity index is 806. The van der Waals surface area contributed by atoms with Crippen LogP contribution in [0.2, 0.25) is 0 Å². The van der Waals surface area contributed by atoms with E-state index >= 15 is 0 Å². The van der Waals surface area contributed by atoms with E-state index in [1.807, 2.05) is 56.3 Å². The third-order valence-corrected chi connectivity index (χ3v) is 3.58. The first-order chi connectivity index (χ1) is 11.1. The fourth-order valence-corrected chi connectivity index (χ4v) is 2.43.